The number of carbonyl (C=O) groups is 1. The summed E-state index contributed by atoms with van der Waals surface area (Å²) in [4.78, 5) is 26.9. The Labute approximate surface area is 141 Å². The molecule has 2 atom stereocenters. The van der Waals surface area contributed by atoms with Crippen molar-refractivity contribution in [2.45, 2.75) is 38.7 Å². The molecule has 5 heteroatoms. The number of H-pyrrole nitrogens is 1. The molecule has 0 spiro atoms. The van der Waals surface area contributed by atoms with E-state index in [1.54, 1.807) is 6.07 Å². The van der Waals surface area contributed by atoms with Crippen LogP contribution in [0.4, 0.5) is 0 Å². The standard InChI is InChI=1S/C19H24N2O3/c1-13-6-2-5-9-17(13)24-11-10-20-19(23)15-12-18(22)21-16-8-4-3-7-14(15)16/h3-4,7-8,12-13,17H,2,5-6,9-11H2,1H3,(H,20,23)(H,21,22). The molecule has 0 radical (unpaired) electrons. The van der Waals surface area contributed by atoms with Gasteiger partial charge in [-0.15, -0.1) is 0 Å². The van der Waals surface area contributed by atoms with Gasteiger partial charge < -0.3 is 15.0 Å². The fourth-order valence-electron chi connectivity index (χ4n) is 3.39. The minimum absolute atomic E-state index is 0.238. The fourth-order valence-corrected chi connectivity index (χ4v) is 3.39. The van der Waals surface area contributed by atoms with Crippen molar-refractivity contribution in [3.63, 3.8) is 0 Å². The molecule has 128 valence electrons. The Kier molecular flexibility index (Phi) is 5.30. The Morgan fingerprint density at radius 3 is 2.92 bits per heavy atom. The van der Waals surface area contributed by atoms with E-state index in [-0.39, 0.29) is 11.5 Å². The van der Waals surface area contributed by atoms with Crippen LogP contribution < -0.4 is 10.9 Å². The summed E-state index contributed by atoms with van der Waals surface area (Å²) in [6, 6.07) is 8.66. The van der Waals surface area contributed by atoms with Crippen molar-refractivity contribution in [3.05, 3.63) is 46.2 Å². The van der Waals surface area contributed by atoms with E-state index in [0.29, 0.717) is 36.3 Å². The molecular formula is C19H24N2O3. The fraction of sp³-hybridized carbons (Fsp3) is 0.474. The van der Waals surface area contributed by atoms with Crippen LogP contribution in [0.15, 0.2) is 35.1 Å². The van der Waals surface area contributed by atoms with Crippen LogP contribution in [0, 0.1) is 5.92 Å². The van der Waals surface area contributed by atoms with E-state index in [9.17, 15) is 9.59 Å². The van der Waals surface area contributed by atoms with Gasteiger partial charge in [0.25, 0.3) is 5.91 Å². The average Bonchev–Trinajstić information content (AvgIpc) is 2.59. The zero-order valence-electron chi connectivity index (χ0n) is 14.0. The van der Waals surface area contributed by atoms with Crippen LogP contribution in [-0.4, -0.2) is 30.1 Å². The van der Waals surface area contributed by atoms with E-state index in [2.05, 4.69) is 17.2 Å². The largest absolute Gasteiger partial charge is 0.376 e. The third kappa shape index (κ3) is 3.85. The van der Waals surface area contributed by atoms with Gasteiger partial charge in [-0.05, 0) is 24.8 Å². The van der Waals surface area contributed by atoms with E-state index in [1.807, 2.05) is 18.2 Å². The first-order valence-electron chi connectivity index (χ1n) is 8.67. The highest BCUT2D eigenvalue weighted by Gasteiger charge is 2.21. The molecule has 5 nitrogen and oxygen atoms in total. The number of pyridine rings is 1. The van der Waals surface area contributed by atoms with E-state index in [1.165, 1.54) is 25.3 Å². The molecule has 0 saturated heterocycles. The van der Waals surface area contributed by atoms with Gasteiger partial charge in [0.1, 0.15) is 0 Å². The van der Waals surface area contributed by atoms with E-state index < -0.39 is 0 Å². The Balaban J connectivity index is 1.58. The minimum Gasteiger partial charge on any atom is -0.376 e. The summed E-state index contributed by atoms with van der Waals surface area (Å²) in [6.07, 6.45) is 5.13. The molecule has 2 N–H and O–H groups in total. The SMILES string of the molecule is CC1CCCCC1OCCNC(=O)c1cc(=O)[nH]c2ccccc12. The van der Waals surface area contributed by atoms with Crippen LogP contribution in [0.2, 0.25) is 0 Å². The average molecular weight is 328 g/mol. The van der Waals surface area contributed by atoms with Gasteiger partial charge in [0.2, 0.25) is 5.56 Å². The number of ether oxygens (including phenoxy) is 1. The van der Waals surface area contributed by atoms with Crippen LogP contribution in [0.5, 0.6) is 0 Å². The van der Waals surface area contributed by atoms with Crippen molar-refractivity contribution >= 4 is 16.8 Å². The van der Waals surface area contributed by atoms with Crippen LogP contribution in [0.1, 0.15) is 43.0 Å². The van der Waals surface area contributed by atoms with Crippen LogP contribution in [-0.2, 0) is 4.74 Å². The van der Waals surface area contributed by atoms with Crippen LogP contribution >= 0.6 is 0 Å². The molecule has 0 bridgehead atoms. The Morgan fingerprint density at radius 1 is 1.29 bits per heavy atom. The van der Waals surface area contributed by atoms with Crippen molar-refractivity contribution in [3.8, 4) is 0 Å². The van der Waals surface area contributed by atoms with Crippen molar-refractivity contribution in [1.29, 1.82) is 0 Å². The summed E-state index contributed by atoms with van der Waals surface area (Å²) in [5, 5.41) is 3.60. The van der Waals surface area contributed by atoms with Gasteiger partial charge in [-0.1, -0.05) is 38.0 Å². The maximum absolute atomic E-state index is 12.4. The number of fused-ring (bicyclic) bond motifs is 1. The molecule has 1 fully saturated rings. The van der Waals surface area contributed by atoms with Gasteiger partial charge in [-0.2, -0.15) is 0 Å². The number of hydrogen-bond acceptors (Lipinski definition) is 3. The number of rotatable bonds is 5. The second-order valence-corrected chi connectivity index (χ2v) is 6.52. The molecule has 1 aromatic heterocycles. The third-order valence-electron chi connectivity index (χ3n) is 4.75. The lowest BCUT2D eigenvalue weighted by Crippen LogP contribution is -2.32. The van der Waals surface area contributed by atoms with Gasteiger partial charge in [0, 0.05) is 23.5 Å². The number of amides is 1. The highest BCUT2D eigenvalue weighted by Crippen LogP contribution is 2.26. The van der Waals surface area contributed by atoms with Gasteiger partial charge in [-0.25, -0.2) is 0 Å². The highest BCUT2D eigenvalue weighted by atomic mass is 16.5. The van der Waals surface area contributed by atoms with E-state index in [4.69, 9.17) is 4.74 Å². The molecule has 3 rings (SSSR count). The monoisotopic (exact) mass is 328 g/mol. The molecule has 1 aromatic carbocycles. The van der Waals surface area contributed by atoms with Crippen molar-refractivity contribution in [2.24, 2.45) is 5.92 Å². The maximum atomic E-state index is 12.4. The lowest BCUT2D eigenvalue weighted by molar-refractivity contribution is -0.00293. The lowest BCUT2D eigenvalue weighted by Gasteiger charge is -2.28. The first-order valence-corrected chi connectivity index (χ1v) is 8.67. The summed E-state index contributed by atoms with van der Waals surface area (Å²) in [7, 11) is 0. The second-order valence-electron chi connectivity index (χ2n) is 6.52. The maximum Gasteiger partial charge on any atom is 0.252 e. The Hall–Kier alpha value is -2.14. The summed E-state index contributed by atoms with van der Waals surface area (Å²) < 4.78 is 5.91. The molecule has 1 saturated carbocycles. The van der Waals surface area contributed by atoms with Gasteiger partial charge >= 0.3 is 0 Å². The molecule has 0 aliphatic heterocycles. The molecule has 24 heavy (non-hydrogen) atoms. The first-order chi connectivity index (χ1) is 11.6. The number of nitrogens with one attached hydrogen (secondary N) is 2. The number of hydrogen-bond donors (Lipinski definition) is 2. The molecule has 2 aromatic rings. The number of aromatic amines is 1. The van der Waals surface area contributed by atoms with Crippen LogP contribution in [0.25, 0.3) is 10.9 Å². The molecular weight excluding hydrogens is 304 g/mol. The van der Waals surface area contributed by atoms with E-state index >= 15 is 0 Å². The summed E-state index contributed by atoms with van der Waals surface area (Å²) >= 11 is 0. The number of aromatic nitrogens is 1. The zero-order valence-corrected chi connectivity index (χ0v) is 14.0. The number of carbonyl (C=O) groups excluding carboxylic acids is 1. The van der Waals surface area contributed by atoms with Crippen molar-refractivity contribution in [2.75, 3.05) is 13.2 Å². The molecule has 1 amide bonds. The summed E-state index contributed by atoms with van der Waals surface area (Å²) in [5.41, 5.74) is 0.800. The summed E-state index contributed by atoms with van der Waals surface area (Å²) in [5.74, 6) is 0.351. The Bertz CT molecular complexity index is 769. The van der Waals surface area contributed by atoms with Crippen LogP contribution in [0.3, 0.4) is 0 Å². The normalized spacial score (nSPS) is 20.9. The smallest absolute Gasteiger partial charge is 0.252 e. The Morgan fingerprint density at radius 2 is 2.08 bits per heavy atom. The predicted molar refractivity (Wildman–Crippen MR) is 94.3 cm³/mol. The van der Waals surface area contributed by atoms with Crippen molar-refractivity contribution in [1.82, 2.24) is 10.3 Å². The quantitative estimate of drug-likeness (QED) is 0.829. The highest BCUT2D eigenvalue weighted by molar-refractivity contribution is 6.05. The predicted octanol–water partition coefficient (Wildman–Crippen LogP) is 2.85. The third-order valence-corrected chi connectivity index (χ3v) is 4.75. The summed E-state index contributed by atoms with van der Waals surface area (Å²) in [6.45, 7) is 3.18. The molecule has 1 heterocycles. The van der Waals surface area contributed by atoms with Gasteiger partial charge in [-0.3, -0.25) is 9.59 Å². The van der Waals surface area contributed by atoms with Gasteiger partial charge in [0.15, 0.2) is 0 Å². The number of para-hydroxylation sites is 1. The molecule has 1 aliphatic rings. The van der Waals surface area contributed by atoms with Crippen molar-refractivity contribution < 1.29 is 9.53 Å². The number of benzene rings is 1. The zero-order chi connectivity index (χ0) is 16.9. The molecule has 1 aliphatic carbocycles. The lowest BCUT2D eigenvalue weighted by atomic mass is 9.88. The molecule has 2 unspecified atom stereocenters. The second kappa shape index (κ2) is 7.62. The first kappa shape index (κ1) is 16.7. The van der Waals surface area contributed by atoms with Gasteiger partial charge in [0.05, 0.1) is 18.3 Å². The topological polar surface area (TPSA) is 71.2 Å². The van der Waals surface area contributed by atoms with E-state index in [0.717, 1.165) is 11.8 Å². The minimum atomic E-state index is -0.272.